The fourth-order valence-electron chi connectivity index (χ4n) is 1.75. The van der Waals surface area contributed by atoms with Gasteiger partial charge < -0.3 is 10.6 Å². The number of pyridine rings is 1. The Morgan fingerprint density at radius 1 is 1.16 bits per heavy atom. The minimum Gasteiger partial charge on any atom is -0.351 e. The number of nitrogens with one attached hydrogen (secondary N) is 2. The van der Waals surface area contributed by atoms with Crippen LogP contribution in [-0.2, 0) is 11.3 Å². The van der Waals surface area contributed by atoms with Gasteiger partial charge in [0.25, 0.3) is 0 Å². The lowest BCUT2D eigenvalue weighted by Gasteiger charge is -2.06. The van der Waals surface area contributed by atoms with Gasteiger partial charge in [-0.3, -0.25) is 9.78 Å². The van der Waals surface area contributed by atoms with Crippen molar-refractivity contribution < 1.29 is 4.79 Å². The molecule has 1 aromatic heterocycles. The Morgan fingerprint density at radius 3 is 2.58 bits per heavy atom. The van der Waals surface area contributed by atoms with Gasteiger partial charge in [0.15, 0.2) is 0 Å². The molecule has 1 aromatic carbocycles. The highest BCUT2D eigenvalue weighted by molar-refractivity contribution is 5.77. The van der Waals surface area contributed by atoms with Crippen molar-refractivity contribution in [2.75, 3.05) is 13.6 Å². The third kappa shape index (κ3) is 3.89. The molecule has 98 valence electrons. The molecule has 0 saturated carbocycles. The lowest BCUT2D eigenvalue weighted by molar-refractivity contribution is -0.120. The van der Waals surface area contributed by atoms with Crippen LogP contribution in [0.2, 0.25) is 0 Å². The van der Waals surface area contributed by atoms with Gasteiger partial charge in [-0.25, -0.2) is 0 Å². The van der Waals surface area contributed by atoms with Crippen LogP contribution < -0.4 is 10.6 Å². The fourth-order valence-corrected chi connectivity index (χ4v) is 1.75. The highest BCUT2D eigenvalue weighted by Crippen LogP contribution is 2.16. The molecule has 0 saturated heterocycles. The number of nitrogens with zero attached hydrogens (tertiary/aromatic N) is 1. The molecule has 2 rings (SSSR count). The molecule has 0 aliphatic heterocycles. The lowest BCUT2D eigenvalue weighted by Crippen LogP contribution is -2.31. The number of rotatable bonds is 5. The molecule has 0 fully saturated rings. The normalized spacial score (nSPS) is 10.2. The first-order valence-electron chi connectivity index (χ1n) is 6.21. The van der Waals surface area contributed by atoms with Crippen molar-refractivity contribution in [2.45, 2.75) is 6.54 Å². The first-order valence-corrected chi connectivity index (χ1v) is 6.21. The minimum absolute atomic E-state index is 0.00342. The second kappa shape index (κ2) is 6.66. The highest BCUT2D eigenvalue weighted by atomic mass is 16.1. The first kappa shape index (κ1) is 13.2. The molecule has 19 heavy (non-hydrogen) atoms. The van der Waals surface area contributed by atoms with Gasteiger partial charge in [0, 0.05) is 18.3 Å². The Morgan fingerprint density at radius 2 is 1.95 bits per heavy atom. The number of likely N-dealkylation sites (N-methyl/N-ethyl adjacent to an activating group) is 1. The van der Waals surface area contributed by atoms with Gasteiger partial charge in [0.1, 0.15) is 0 Å². The van der Waals surface area contributed by atoms with E-state index in [-0.39, 0.29) is 5.91 Å². The lowest BCUT2D eigenvalue weighted by atomic mass is 10.1. The number of benzene rings is 1. The number of carbonyl (C=O) groups excluding carboxylic acids is 1. The van der Waals surface area contributed by atoms with E-state index in [4.69, 9.17) is 0 Å². The van der Waals surface area contributed by atoms with Crippen LogP contribution in [0.25, 0.3) is 11.3 Å². The topological polar surface area (TPSA) is 54.0 Å². The zero-order valence-corrected chi connectivity index (χ0v) is 10.9. The summed E-state index contributed by atoms with van der Waals surface area (Å²) in [7, 11) is 1.75. The molecule has 0 atom stereocenters. The number of aromatic nitrogens is 1. The van der Waals surface area contributed by atoms with Crippen LogP contribution in [0.1, 0.15) is 5.56 Å². The van der Waals surface area contributed by atoms with E-state index in [9.17, 15) is 4.79 Å². The van der Waals surface area contributed by atoms with E-state index in [2.05, 4.69) is 15.6 Å². The number of amides is 1. The Bertz CT molecular complexity index is 523. The smallest absolute Gasteiger partial charge is 0.234 e. The van der Waals surface area contributed by atoms with Crippen molar-refractivity contribution in [1.82, 2.24) is 15.6 Å². The summed E-state index contributed by atoms with van der Waals surface area (Å²) in [5.74, 6) is -0.00342. The molecular weight excluding hydrogens is 238 g/mol. The summed E-state index contributed by atoms with van der Waals surface area (Å²) in [6.45, 7) is 0.884. The maximum absolute atomic E-state index is 11.3. The summed E-state index contributed by atoms with van der Waals surface area (Å²) in [5.41, 5.74) is 3.10. The maximum Gasteiger partial charge on any atom is 0.234 e. The fraction of sp³-hybridized carbons (Fsp3) is 0.200. The predicted octanol–water partition coefficient (Wildman–Crippen LogP) is 1.58. The van der Waals surface area contributed by atoms with Crippen LogP contribution in [0.4, 0.5) is 0 Å². The molecule has 0 radical (unpaired) electrons. The quantitative estimate of drug-likeness (QED) is 0.853. The molecule has 0 aliphatic rings. The summed E-state index contributed by atoms with van der Waals surface area (Å²) in [4.78, 5) is 15.6. The standard InChI is InChI=1S/C15H17N3O/c1-16-11-15(19)18-10-12-5-7-13(8-6-12)14-4-2-3-9-17-14/h2-9,16H,10-11H2,1H3,(H,18,19). The van der Waals surface area contributed by atoms with Crippen LogP contribution in [0.5, 0.6) is 0 Å². The van der Waals surface area contributed by atoms with Gasteiger partial charge in [-0.15, -0.1) is 0 Å². The van der Waals surface area contributed by atoms with Crippen molar-refractivity contribution in [3.05, 3.63) is 54.2 Å². The molecule has 0 spiro atoms. The largest absolute Gasteiger partial charge is 0.351 e. The maximum atomic E-state index is 11.3. The summed E-state index contributed by atoms with van der Waals surface area (Å²) in [6.07, 6.45) is 1.78. The summed E-state index contributed by atoms with van der Waals surface area (Å²) in [6, 6.07) is 13.9. The van der Waals surface area contributed by atoms with E-state index in [1.54, 1.807) is 13.2 Å². The van der Waals surface area contributed by atoms with Crippen molar-refractivity contribution >= 4 is 5.91 Å². The van der Waals surface area contributed by atoms with Crippen molar-refractivity contribution in [2.24, 2.45) is 0 Å². The van der Waals surface area contributed by atoms with Crippen LogP contribution in [0.3, 0.4) is 0 Å². The summed E-state index contributed by atoms with van der Waals surface area (Å²) >= 11 is 0. The molecule has 4 nitrogen and oxygen atoms in total. The molecule has 4 heteroatoms. The van der Waals surface area contributed by atoms with Crippen LogP contribution in [0.15, 0.2) is 48.7 Å². The summed E-state index contributed by atoms with van der Waals surface area (Å²) < 4.78 is 0. The molecule has 0 aliphatic carbocycles. The van der Waals surface area contributed by atoms with Gasteiger partial charge in [-0.1, -0.05) is 30.3 Å². The van der Waals surface area contributed by atoms with E-state index in [1.165, 1.54) is 0 Å². The van der Waals surface area contributed by atoms with Crippen LogP contribution in [0, 0.1) is 0 Å². The number of hydrogen-bond donors (Lipinski definition) is 2. The molecule has 0 bridgehead atoms. The van der Waals surface area contributed by atoms with Gasteiger partial charge >= 0.3 is 0 Å². The predicted molar refractivity (Wildman–Crippen MR) is 75.4 cm³/mol. The van der Waals surface area contributed by atoms with Gasteiger partial charge in [0.2, 0.25) is 5.91 Å². The van der Waals surface area contributed by atoms with E-state index in [0.717, 1.165) is 16.8 Å². The van der Waals surface area contributed by atoms with E-state index < -0.39 is 0 Å². The van der Waals surface area contributed by atoms with Gasteiger partial charge in [0.05, 0.1) is 12.2 Å². The van der Waals surface area contributed by atoms with E-state index in [1.807, 2.05) is 42.5 Å². The number of carbonyl (C=O) groups is 1. The second-order valence-electron chi connectivity index (χ2n) is 4.22. The van der Waals surface area contributed by atoms with E-state index >= 15 is 0 Å². The number of hydrogen-bond acceptors (Lipinski definition) is 3. The molecule has 0 unspecified atom stereocenters. The van der Waals surface area contributed by atoms with E-state index in [0.29, 0.717) is 13.1 Å². The molecule has 2 aromatic rings. The highest BCUT2D eigenvalue weighted by Gasteiger charge is 2.01. The Kier molecular flexibility index (Phi) is 4.64. The average molecular weight is 255 g/mol. The van der Waals surface area contributed by atoms with Crippen LogP contribution >= 0.6 is 0 Å². The van der Waals surface area contributed by atoms with Gasteiger partial charge in [-0.05, 0) is 24.7 Å². The monoisotopic (exact) mass is 255 g/mol. The van der Waals surface area contributed by atoms with Crippen molar-refractivity contribution in [3.8, 4) is 11.3 Å². The van der Waals surface area contributed by atoms with Crippen molar-refractivity contribution in [3.63, 3.8) is 0 Å². The average Bonchev–Trinajstić information content (AvgIpc) is 2.47. The van der Waals surface area contributed by atoms with Gasteiger partial charge in [-0.2, -0.15) is 0 Å². The Labute approximate surface area is 112 Å². The second-order valence-corrected chi connectivity index (χ2v) is 4.22. The Balaban J connectivity index is 1.97. The SMILES string of the molecule is CNCC(=O)NCc1ccc(-c2ccccn2)cc1. The summed E-state index contributed by atoms with van der Waals surface area (Å²) in [5, 5.41) is 5.66. The zero-order valence-electron chi connectivity index (χ0n) is 10.9. The molecule has 2 N–H and O–H groups in total. The van der Waals surface area contributed by atoms with Crippen LogP contribution in [-0.4, -0.2) is 24.5 Å². The molecule has 1 heterocycles. The Hall–Kier alpha value is -2.20. The zero-order chi connectivity index (χ0) is 13.5. The third-order valence-corrected chi connectivity index (χ3v) is 2.74. The third-order valence-electron chi connectivity index (χ3n) is 2.74. The van der Waals surface area contributed by atoms with Crippen molar-refractivity contribution in [1.29, 1.82) is 0 Å². The first-order chi connectivity index (χ1) is 9.29. The molecular formula is C15H17N3O. The molecule has 1 amide bonds. The minimum atomic E-state index is -0.00342.